The summed E-state index contributed by atoms with van der Waals surface area (Å²) in [4.78, 5) is 5.35. The molecule has 2 heteroatoms. The second kappa shape index (κ2) is 8.02. The van der Waals surface area contributed by atoms with Crippen LogP contribution in [0.4, 0.5) is 0 Å². The molecular weight excluding hydrogens is 472 g/mol. The number of para-hydroxylation sites is 2. The molecule has 8 rings (SSSR count). The summed E-state index contributed by atoms with van der Waals surface area (Å²) in [6.07, 6.45) is 4.04. The SMILES string of the molecule is C=C/C(=C\C)c1cccc(-c2ccc3c(c2)C2(c4ccccc4-c4ccccc42)c2nc4ccccc4n2-3)c1. The Kier molecular flexibility index (Phi) is 4.54. The number of nitrogens with zero attached hydrogens (tertiary/aromatic N) is 2. The van der Waals surface area contributed by atoms with Crippen molar-refractivity contribution in [2.75, 3.05) is 0 Å². The minimum atomic E-state index is -0.481. The molecule has 0 saturated carbocycles. The van der Waals surface area contributed by atoms with E-state index in [0.29, 0.717) is 0 Å². The van der Waals surface area contributed by atoms with Crippen molar-refractivity contribution in [3.8, 4) is 27.9 Å². The van der Waals surface area contributed by atoms with E-state index in [1.54, 1.807) is 0 Å². The molecule has 6 aromatic rings. The Bertz CT molecular complexity index is 1960. The van der Waals surface area contributed by atoms with E-state index in [1.807, 2.05) is 6.08 Å². The van der Waals surface area contributed by atoms with Gasteiger partial charge in [-0.1, -0.05) is 104 Å². The number of rotatable bonds is 3. The lowest BCUT2D eigenvalue weighted by molar-refractivity contribution is 0.738. The Labute approximate surface area is 228 Å². The van der Waals surface area contributed by atoms with E-state index in [9.17, 15) is 0 Å². The fourth-order valence-corrected chi connectivity index (χ4v) is 6.90. The van der Waals surface area contributed by atoms with E-state index in [2.05, 4.69) is 139 Å². The van der Waals surface area contributed by atoms with Gasteiger partial charge in [-0.2, -0.15) is 0 Å². The third-order valence-corrected chi connectivity index (χ3v) is 8.55. The number of imidazole rings is 1. The van der Waals surface area contributed by atoms with Crippen LogP contribution in [0.1, 0.15) is 35.0 Å². The van der Waals surface area contributed by atoms with Gasteiger partial charge >= 0.3 is 0 Å². The van der Waals surface area contributed by atoms with Crippen molar-refractivity contribution in [3.63, 3.8) is 0 Å². The first-order chi connectivity index (χ1) is 19.3. The minimum Gasteiger partial charge on any atom is -0.295 e. The van der Waals surface area contributed by atoms with Gasteiger partial charge in [-0.25, -0.2) is 4.98 Å². The van der Waals surface area contributed by atoms with Gasteiger partial charge in [-0.3, -0.25) is 4.57 Å². The molecule has 2 nitrogen and oxygen atoms in total. The lowest BCUT2D eigenvalue weighted by atomic mass is 9.72. The number of hydrogen-bond acceptors (Lipinski definition) is 1. The van der Waals surface area contributed by atoms with Crippen molar-refractivity contribution >= 4 is 16.6 Å². The summed E-state index contributed by atoms with van der Waals surface area (Å²) in [7, 11) is 0. The highest BCUT2D eigenvalue weighted by molar-refractivity contribution is 5.92. The maximum atomic E-state index is 5.35. The van der Waals surface area contributed by atoms with Gasteiger partial charge in [0.1, 0.15) is 11.2 Å². The highest BCUT2D eigenvalue weighted by Crippen LogP contribution is 2.60. The van der Waals surface area contributed by atoms with E-state index in [4.69, 9.17) is 4.98 Å². The van der Waals surface area contributed by atoms with E-state index in [1.165, 1.54) is 50.2 Å². The molecule has 1 spiro atoms. The quantitative estimate of drug-likeness (QED) is 0.222. The maximum absolute atomic E-state index is 5.35. The van der Waals surface area contributed by atoms with Crippen LogP contribution in [0.15, 0.2) is 134 Å². The standard InChI is InChI=1S/C37H26N2/c1-3-24(4-2)25-12-11-13-26(22-25)27-20-21-34-32(23-27)37(36-38-33-18-9-10-19-35(33)39(34)36)30-16-7-5-14-28(30)29-15-6-8-17-31(29)37/h3-23H,1H2,2H3/b24-4+. The molecule has 0 amide bonds. The Morgan fingerprint density at radius 2 is 1.41 bits per heavy atom. The Balaban J connectivity index is 1.47. The molecule has 2 heterocycles. The zero-order chi connectivity index (χ0) is 26.1. The summed E-state index contributed by atoms with van der Waals surface area (Å²) in [5.41, 5.74) is 14.1. The zero-order valence-corrected chi connectivity index (χ0v) is 21.7. The largest absolute Gasteiger partial charge is 0.295 e. The number of fused-ring (bicyclic) bond motifs is 12. The highest BCUT2D eigenvalue weighted by atomic mass is 15.1. The molecule has 0 radical (unpaired) electrons. The van der Waals surface area contributed by atoms with Gasteiger partial charge in [0.05, 0.1) is 16.7 Å². The lowest BCUT2D eigenvalue weighted by Crippen LogP contribution is -2.27. The van der Waals surface area contributed by atoms with Crippen LogP contribution in [0.25, 0.3) is 44.5 Å². The first-order valence-electron chi connectivity index (χ1n) is 13.5. The summed E-state index contributed by atoms with van der Waals surface area (Å²) >= 11 is 0. The molecule has 0 atom stereocenters. The average Bonchev–Trinajstić information content (AvgIpc) is 3.61. The number of benzene rings is 5. The predicted molar refractivity (Wildman–Crippen MR) is 161 cm³/mol. The third kappa shape index (κ3) is 2.78. The molecule has 2 aliphatic rings. The summed E-state index contributed by atoms with van der Waals surface area (Å²) in [5, 5.41) is 0. The Hall–Kier alpha value is -4.95. The molecule has 39 heavy (non-hydrogen) atoms. The Morgan fingerprint density at radius 3 is 2.15 bits per heavy atom. The second-order valence-corrected chi connectivity index (χ2v) is 10.4. The summed E-state index contributed by atoms with van der Waals surface area (Å²) in [6, 6.07) is 41.9. The molecule has 0 unspecified atom stereocenters. The molecule has 0 bridgehead atoms. The van der Waals surface area contributed by atoms with Crippen LogP contribution in [-0.4, -0.2) is 9.55 Å². The van der Waals surface area contributed by atoms with Crippen LogP contribution in [0.2, 0.25) is 0 Å². The zero-order valence-electron chi connectivity index (χ0n) is 21.7. The van der Waals surface area contributed by atoms with Gasteiger partial charge in [0, 0.05) is 0 Å². The van der Waals surface area contributed by atoms with Crippen molar-refractivity contribution in [2.45, 2.75) is 12.3 Å². The smallest absolute Gasteiger partial charge is 0.134 e. The van der Waals surface area contributed by atoms with Gasteiger partial charge in [-0.15, -0.1) is 0 Å². The van der Waals surface area contributed by atoms with Gasteiger partial charge < -0.3 is 0 Å². The molecule has 1 aromatic heterocycles. The van der Waals surface area contributed by atoms with Crippen LogP contribution in [0.3, 0.4) is 0 Å². The number of hydrogen-bond donors (Lipinski definition) is 0. The molecule has 0 N–H and O–H groups in total. The molecule has 0 fully saturated rings. The lowest BCUT2D eigenvalue weighted by Gasteiger charge is -2.27. The van der Waals surface area contributed by atoms with E-state index < -0.39 is 5.41 Å². The van der Waals surface area contributed by atoms with Crippen LogP contribution in [-0.2, 0) is 5.41 Å². The van der Waals surface area contributed by atoms with Crippen molar-refractivity contribution in [1.82, 2.24) is 9.55 Å². The molecule has 1 aliphatic heterocycles. The van der Waals surface area contributed by atoms with Gasteiger partial charge in [0.2, 0.25) is 0 Å². The van der Waals surface area contributed by atoms with Crippen molar-refractivity contribution in [2.24, 2.45) is 0 Å². The first kappa shape index (κ1) is 22.1. The van der Waals surface area contributed by atoms with E-state index >= 15 is 0 Å². The monoisotopic (exact) mass is 498 g/mol. The van der Waals surface area contributed by atoms with Gasteiger partial charge in [-0.05, 0) is 87.3 Å². The Morgan fingerprint density at radius 1 is 0.718 bits per heavy atom. The van der Waals surface area contributed by atoms with Gasteiger partial charge in [0.25, 0.3) is 0 Å². The van der Waals surface area contributed by atoms with Crippen LogP contribution >= 0.6 is 0 Å². The fourth-order valence-electron chi connectivity index (χ4n) is 6.90. The van der Waals surface area contributed by atoms with Crippen molar-refractivity contribution in [3.05, 3.63) is 162 Å². The highest BCUT2D eigenvalue weighted by Gasteiger charge is 2.54. The molecule has 5 aromatic carbocycles. The molecular formula is C37H26N2. The topological polar surface area (TPSA) is 17.8 Å². The van der Waals surface area contributed by atoms with Crippen LogP contribution in [0.5, 0.6) is 0 Å². The minimum absolute atomic E-state index is 0.481. The van der Waals surface area contributed by atoms with Crippen LogP contribution < -0.4 is 0 Å². The van der Waals surface area contributed by atoms with Crippen molar-refractivity contribution in [1.29, 1.82) is 0 Å². The maximum Gasteiger partial charge on any atom is 0.134 e. The normalized spacial score (nSPS) is 14.2. The summed E-state index contributed by atoms with van der Waals surface area (Å²) < 4.78 is 2.39. The predicted octanol–water partition coefficient (Wildman–Crippen LogP) is 8.96. The fraction of sp³-hybridized carbons (Fsp3) is 0.0541. The number of allylic oxidation sites excluding steroid dienone is 3. The third-order valence-electron chi connectivity index (χ3n) is 8.55. The summed E-state index contributed by atoms with van der Waals surface area (Å²) in [5.74, 6) is 1.07. The van der Waals surface area contributed by atoms with Crippen LogP contribution in [0, 0.1) is 0 Å². The molecule has 184 valence electrons. The van der Waals surface area contributed by atoms with E-state index in [0.717, 1.165) is 22.4 Å². The van der Waals surface area contributed by atoms with E-state index in [-0.39, 0.29) is 0 Å². The van der Waals surface area contributed by atoms with Gasteiger partial charge in [0.15, 0.2) is 0 Å². The second-order valence-electron chi connectivity index (χ2n) is 10.4. The number of aromatic nitrogens is 2. The molecule has 0 saturated heterocycles. The average molecular weight is 499 g/mol. The van der Waals surface area contributed by atoms with Crippen molar-refractivity contribution < 1.29 is 0 Å². The first-order valence-corrected chi connectivity index (χ1v) is 13.5. The molecule has 1 aliphatic carbocycles. The summed E-state index contributed by atoms with van der Waals surface area (Å²) in [6.45, 7) is 6.07.